The van der Waals surface area contributed by atoms with Crippen molar-refractivity contribution >= 4 is 29.6 Å². The van der Waals surface area contributed by atoms with Gasteiger partial charge in [-0.2, -0.15) is 5.10 Å². The first-order valence-corrected chi connectivity index (χ1v) is 12.3. The molecule has 0 N–H and O–H groups in total. The van der Waals surface area contributed by atoms with Crippen molar-refractivity contribution in [1.82, 2.24) is 19.7 Å². The molecule has 180 valence electrons. The van der Waals surface area contributed by atoms with Crippen molar-refractivity contribution < 1.29 is 9.31 Å². The summed E-state index contributed by atoms with van der Waals surface area (Å²) < 4.78 is 13.6. The Labute approximate surface area is 213 Å². The molecule has 0 amide bonds. The summed E-state index contributed by atoms with van der Waals surface area (Å²) in [6.45, 7) is 15.6. The van der Waals surface area contributed by atoms with Gasteiger partial charge >= 0.3 is 7.12 Å². The standard InChI is InChI=1S/C26H24BN5O3S/c1-25(2)26(3,4)35-27(34-25)19-13-29-24(30-14-19)18-12-21(36-16-18)15-32-23(33)10-9-22(31-32)17-7-6-8-20(11-17)28-5/h6-14,16H,15H2,1-4H3. The first-order chi connectivity index (χ1) is 17.1. The zero-order valence-corrected chi connectivity index (χ0v) is 21.2. The van der Waals surface area contributed by atoms with Gasteiger partial charge in [0, 0.05) is 39.7 Å². The number of hydrogen-bond donors (Lipinski definition) is 0. The summed E-state index contributed by atoms with van der Waals surface area (Å²) in [5.74, 6) is 0.586. The van der Waals surface area contributed by atoms with Gasteiger partial charge in [0.15, 0.2) is 11.5 Å². The number of hydrogen-bond acceptors (Lipinski definition) is 7. The molecule has 0 spiro atoms. The lowest BCUT2D eigenvalue weighted by Crippen LogP contribution is -2.41. The molecule has 8 nitrogen and oxygen atoms in total. The maximum atomic E-state index is 12.5. The molecular weight excluding hydrogens is 473 g/mol. The molecule has 1 fully saturated rings. The van der Waals surface area contributed by atoms with Crippen LogP contribution in [0.25, 0.3) is 27.5 Å². The Morgan fingerprint density at radius 3 is 2.44 bits per heavy atom. The van der Waals surface area contributed by atoms with Crippen LogP contribution < -0.4 is 11.0 Å². The van der Waals surface area contributed by atoms with Crippen molar-refractivity contribution in [1.29, 1.82) is 0 Å². The number of benzene rings is 1. The Balaban J connectivity index is 1.33. The highest BCUT2D eigenvalue weighted by Gasteiger charge is 2.51. The molecule has 0 atom stereocenters. The molecular formula is C26H24BN5O3S. The Morgan fingerprint density at radius 2 is 1.75 bits per heavy atom. The average molecular weight is 497 g/mol. The van der Waals surface area contributed by atoms with E-state index in [2.05, 4.69) is 19.9 Å². The second kappa shape index (κ2) is 9.10. The SMILES string of the molecule is [C-]#[N+]c1cccc(-c2ccc(=O)n(Cc3cc(-c4ncc(B5OC(C)(C)C(C)(C)O5)cn4)cs3)n2)c1. The summed E-state index contributed by atoms with van der Waals surface area (Å²) in [6.07, 6.45) is 3.46. The molecule has 0 unspecified atom stereocenters. The van der Waals surface area contributed by atoms with Gasteiger partial charge in [0.1, 0.15) is 0 Å². The predicted octanol–water partition coefficient (Wildman–Crippen LogP) is 4.33. The monoisotopic (exact) mass is 497 g/mol. The quantitative estimate of drug-likeness (QED) is 0.302. The second-order valence-electron chi connectivity index (χ2n) is 9.61. The van der Waals surface area contributed by atoms with Gasteiger partial charge in [-0.1, -0.05) is 18.2 Å². The van der Waals surface area contributed by atoms with E-state index in [0.29, 0.717) is 23.8 Å². The van der Waals surface area contributed by atoms with E-state index in [-0.39, 0.29) is 5.56 Å². The molecule has 4 heterocycles. The van der Waals surface area contributed by atoms with Gasteiger partial charge in [0.2, 0.25) is 0 Å². The van der Waals surface area contributed by atoms with Crippen molar-refractivity contribution in [2.24, 2.45) is 0 Å². The third kappa shape index (κ3) is 4.61. The normalized spacial score (nSPS) is 16.1. The fourth-order valence-corrected chi connectivity index (χ4v) is 4.61. The highest BCUT2D eigenvalue weighted by Crippen LogP contribution is 2.36. The molecule has 0 aliphatic carbocycles. The van der Waals surface area contributed by atoms with Crippen LogP contribution in [0.1, 0.15) is 32.6 Å². The van der Waals surface area contributed by atoms with Crippen molar-refractivity contribution in [3.05, 3.63) is 86.9 Å². The van der Waals surface area contributed by atoms with Crippen LogP contribution >= 0.6 is 11.3 Å². The molecule has 0 bridgehead atoms. The number of rotatable bonds is 5. The van der Waals surface area contributed by atoms with Crippen molar-refractivity contribution in [3.8, 4) is 22.6 Å². The average Bonchev–Trinajstić information content (AvgIpc) is 3.41. The van der Waals surface area contributed by atoms with Crippen LogP contribution in [-0.4, -0.2) is 38.1 Å². The van der Waals surface area contributed by atoms with Gasteiger partial charge < -0.3 is 9.31 Å². The van der Waals surface area contributed by atoms with Gasteiger partial charge in [-0.05, 0) is 51.5 Å². The number of thiophene rings is 1. The molecule has 1 aliphatic rings. The smallest absolute Gasteiger partial charge is 0.399 e. The third-order valence-corrected chi connectivity index (χ3v) is 7.47. The van der Waals surface area contributed by atoms with E-state index in [1.807, 2.05) is 51.3 Å². The summed E-state index contributed by atoms with van der Waals surface area (Å²) in [6, 6.07) is 12.3. The fraction of sp³-hybridized carbons (Fsp3) is 0.269. The highest BCUT2D eigenvalue weighted by atomic mass is 32.1. The Morgan fingerprint density at radius 1 is 1.03 bits per heavy atom. The molecule has 1 saturated heterocycles. The van der Waals surface area contributed by atoms with Crippen LogP contribution in [-0.2, 0) is 15.9 Å². The topological polar surface area (TPSA) is 83.5 Å². The minimum absolute atomic E-state index is 0.196. The highest BCUT2D eigenvalue weighted by molar-refractivity contribution is 7.10. The van der Waals surface area contributed by atoms with E-state index in [1.165, 1.54) is 22.1 Å². The molecule has 0 saturated carbocycles. The Kier molecular flexibility index (Phi) is 6.08. The van der Waals surface area contributed by atoms with Gasteiger partial charge in [0.25, 0.3) is 5.56 Å². The van der Waals surface area contributed by atoms with E-state index >= 15 is 0 Å². The maximum Gasteiger partial charge on any atom is 0.498 e. The minimum Gasteiger partial charge on any atom is -0.399 e. The first-order valence-electron chi connectivity index (χ1n) is 11.5. The molecule has 3 aromatic heterocycles. The minimum atomic E-state index is -0.511. The molecule has 1 aromatic carbocycles. The predicted molar refractivity (Wildman–Crippen MR) is 140 cm³/mol. The van der Waals surface area contributed by atoms with Crippen molar-refractivity contribution in [3.63, 3.8) is 0 Å². The summed E-state index contributed by atoms with van der Waals surface area (Å²) in [4.78, 5) is 25.9. The summed E-state index contributed by atoms with van der Waals surface area (Å²) >= 11 is 1.52. The van der Waals surface area contributed by atoms with Gasteiger partial charge in [0.05, 0.1) is 30.0 Å². The lowest BCUT2D eigenvalue weighted by molar-refractivity contribution is 0.00578. The van der Waals surface area contributed by atoms with Gasteiger partial charge in [-0.15, -0.1) is 11.3 Å². The van der Waals surface area contributed by atoms with E-state index < -0.39 is 18.3 Å². The van der Waals surface area contributed by atoms with E-state index in [4.69, 9.17) is 15.9 Å². The number of nitrogens with zero attached hydrogens (tertiary/aromatic N) is 5. The first kappa shape index (κ1) is 24.1. The van der Waals surface area contributed by atoms with Gasteiger partial charge in [-0.25, -0.2) is 19.5 Å². The van der Waals surface area contributed by atoms with Crippen LogP contribution in [0.4, 0.5) is 5.69 Å². The molecule has 5 rings (SSSR count). The zero-order valence-electron chi connectivity index (χ0n) is 20.4. The number of aromatic nitrogens is 4. The largest absolute Gasteiger partial charge is 0.498 e. The van der Waals surface area contributed by atoms with E-state index in [0.717, 1.165) is 21.5 Å². The lowest BCUT2D eigenvalue weighted by atomic mass is 9.81. The summed E-state index contributed by atoms with van der Waals surface area (Å²) in [5, 5.41) is 6.49. The van der Waals surface area contributed by atoms with Crippen LogP contribution in [0, 0.1) is 6.57 Å². The van der Waals surface area contributed by atoms with E-state index in [1.54, 1.807) is 30.6 Å². The van der Waals surface area contributed by atoms with Crippen LogP contribution in [0.2, 0.25) is 0 Å². The van der Waals surface area contributed by atoms with Crippen LogP contribution in [0.15, 0.2) is 65.0 Å². The van der Waals surface area contributed by atoms with Crippen molar-refractivity contribution in [2.75, 3.05) is 0 Å². The van der Waals surface area contributed by atoms with Crippen molar-refractivity contribution in [2.45, 2.75) is 45.4 Å². The van der Waals surface area contributed by atoms with E-state index in [9.17, 15) is 4.79 Å². The van der Waals surface area contributed by atoms with Crippen LogP contribution in [0.5, 0.6) is 0 Å². The molecule has 10 heteroatoms. The van der Waals surface area contributed by atoms with Gasteiger partial charge in [-0.3, -0.25) is 4.79 Å². The fourth-order valence-electron chi connectivity index (χ4n) is 3.77. The molecule has 4 aromatic rings. The summed E-state index contributed by atoms with van der Waals surface area (Å²) in [5.41, 5.74) is 2.53. The third-order valence-electron chi connectivity index (χ3n) is 6.55. The van der Waals surface area contributed by atoms with Crippen LogP contribution in [0.3, 0.4) is 0 Å². The zero-order chi connectivity index (χ0) is 25.5. The molecule has 1 aliphatic heterocycles. The lowest BCUT2D eigenvalue weighted by Gasteiger charge is -2.32. The maximum absolute atomic E-state index is 12.5. The molecule has 0 radical (unpaired) electrons. The molecule has 36 heavy (non-hydrogen) atoms. The second-order valence-corrected chi connectivity index (χ2v) is 10.6. The summed E-state index contributed by atoms with van der Waals surface area (Å²) in [7, 11) is -0.511. The Hall–Kier alpha value is -3.65. The Bertz CT molecular complexity index is 1510.